The van der Waals surface area contributed by atoms with Crippen LogP contribution >= 0.6 is 0 Å². The van der Waals surface area contributed by atoms with Crippen LogP contribution in [-0.2, 0) is 17.6 Å². The van der Waals surface area contributed by atoms with Gasteiger partial charge in [0.05, 0.1) is 0 Å². The average molecular weight is 275 g/mol. The summed E-state index contributed by atoms with van der Waals surface area (Å²) in [7, 11) is 0. The lowest BCUT2D eigenvalue weighted by molar-refractivity contribution is -0.122. The lowest BCUT2D eigenvalue weighted by atomic mass is 10.1. The maximum absolute atomic E-state index is 12.2. The van der Waals surface area contributed by atoms with E-state index in [0.717, 1.165) is 43.9 Å². The molecule has 2 N–H and O–H groups in total. The molecule has 0 radical (unpaired) electrons. The van der Waals surface area contributed by atoms with Crippen LogP contribution in [0.15, 0.2) is 6.33 Å². The molecule has 1 atom stereocenters. The van der Waals surface area contributed by atoms with Crippen molar-refractivity contribution in [3.8, 4) is 0 Å². The van der Waals surface area contributed by atoms with Gasteiger partial charge in [-0.25, -0.2) is 9.97 Å². The van der Waals surface area contributed by atoms with Gasteiger partial charge in [-0.3, -0.25) is 4.79 Å². The first kappa shape index (κ1) is 13.3. The molecule has 0 bridgehead atoms. The van der Waals surface area contributed by atoms with Crippen molar-refractivity contribution < 1.29 is 4.79 Å². The summed E-state index contributed by atoms with van der Waals surface area (Å²) in [5.41, 5.74) is 2.40. The predicted octanol–water partition coefficient (Wildman–Crippen LogP) is -0.120. The molecule has 6 nitrogen and oxygen atoms in total. The number of anilines is 1. The number of aryl methyl sites for hydroxylation is 1. The molecule has 20 heavy (non-hydrogen) atoms. The number of fused-ring (bicyclic) bond motifs is 1. The Labute approximate surface area is 119 Å². The van der Waals surface area contributed by atoms with Crippen molar-refractivity contribution in [2.45, 2.75) is 32.2 Å². The second-order valence-electron chi connectivity index (χ2n) is 5.28. The Kier molecular flexibility index (Phi) is 3.82. The topological polar surface area (TPSA) is 70.2 Å². The van der Waals surface area contributed by atoms with Crippen LogP contribution in [0, 0.1) is 0 Å². The summed E-state index contributed by atoms with van der Waals surface area (Å²) in [5, 5.41) is 6.21. The van der Waals surface area contributed by atoms with Gasteiger partial charge in [0.15, 0.2) is 0 Å². The summed E-state index contributed by atoms with van der Waals surface area (Å²) >= 11 is 0. The van der Waals surface area contributed by atoms with Crippen molar-refractivity contribution in [3.05, 3.63) is 17.6 Å². The zero-order valence-electron chi connectivity index (χ0n) is 11.9. The Bertz CT molecular complexity index is 504. The summed E-state index contributed by atoms with van der Waals surface area (Å²) < 4.78 is 0. The molecule has 1 aromatic rings. The highest BCUT2D eigenvalue weighted by atomic mass is 16.2. The van der Waals surface area contributed by atoms with Gasteiger partial charge in [-0.2, -0.15) is 0 Å². The third kappa shape index (κ3) is 2.35. The minimum atomic E-state index is -0.178. The Balaban J connectivity index is 1.90. The van der Waals surface area contributed by atoms with Crippen LogP contribution in [-0.4, -0.2) is 48.1 Å². The van der Waals surface area contributed by atoms with Crippen LogP contribution in [0.1, 0.15) is 24.6 Å². The predicted molar refractivity (Wildman–Crippen MR) is 76.7 cm³/mol. The summed E-state index contributed by atoms with van der Waals surface area (Å²) in [4.78, 5) is 23.2. The molecule has 1 fully saturated rings. The number of amides is 1. The van der Waals surface area contributed by atoms with Crippen LogP contribution in [0.3, 0.4) is 0 Å². The van der Waals surface area contributed by atoms with E-state index in [1.807, 2.05) is 6.92 Å². The average Bonchev–Trinajstić information content (AvgIpc) is 2.96. The second-order valence-corrected chi connectivity index (χ2v) is 5.28. The van der Waals surface area contributed by atoms with E-state index in [4.69, 9.17) is 0 Å². The van der Waals surface area contributed by atoms with Gasteiger partial charge < -0.3 is 15.5 Å². The van der Waals surface area contributed by atoms with Gasteiger partial charge in [-0.15, -0.1) is 0 Å². The maximum Gasteiger partial charge on any atom is 0.244 e. The largest absolute Gasteiger partial charge is 0.355 e. The quantitative estimate of drug-likeness (QED) is 0.805. The van der Waals surface area contributed by atoms with E-state index in [1.54, 1.807) is 6.33 Å². The van der Waals surface area contributed by atoms with E-state index in [0.29, 0.717) is 13.1 Å². The summed E-state index contributed by atoms with van der Waals surface area (Å²) in [6.45, 7) is 4.97. The molecule has 6 heteroatoms. The molecule has 108 valence electrons. The number of nitrogens with zero attached hydrogens (tertiary/aromatic N) is 3. The Hall–Kier alpha value is -1.69. The number of nitrogens with one attached hydrogen (secondary N) is 2. The molecular weight excluding hydrogens is 254 g/mol. The number of carbonyl (C=O) groups excluding carboxylic acids is 1. The lowest BCUT2D eigenvalue weighted by Gasteiger charge is -2.36. The standard InChI is InChI=1S/C14H21N5O/c1-2-16-14(20)12-8-15-6-7-19(12)13-10-4-3-5-11(10)17-9-18-13/h9,12,15H,2-8H2,1H3,(H,16,20). The van der Waals surface area contributed by atoms with Gasteiger partial charge in [-0.05, 0) is 26.2 Å². The second kappa shape index (κ2) is 5.75. The molecular formula is C14H21N5O. The van der Waals surface area contributed by atoms with Crippen LogP contribution < -0.4 is 15.5 Å². The molecule has 0 spiro atoms. The van der Waals surface area contributed by atoms with Crippen molar-refractivity contribution in [1.82, 2.24) is 20.6 Å². The van der Waals surface area contributed by atoms with Gasteiger partial charge in [-0.1, -0.05) is 0 Å². The number of carbonyl (C=O) groups is 1. The van der Waals surface area contributed by atoms with E-state index in [9.17, 15) is 4.79 Å². The molecule has 0 saturated carbocycles. The first-order valence-electron chi connectivity index (χ1n) is 7.39. The molecule has 0 aromatic carbocycles. The Morgan fingerprint density at radius 3 is 3.25 bits per heavy atom. The summed E-state index contributed by atoms with van der Waals surface area (Å²) in [6, 6.07) is -0.178. The third-order valence-electron chi connectivity index (χ3n) is 4.02. The van der Waals surface area contributed by atoms with E-state index in [1.165, 1.54) is 5.56 Å². The van der Waals surface area contributed by atoms with E-state index < -0.39 is 0 Å². The van der Waals surface area contributed by atoms with E-state index in [-0.39, 0.29) is 11.9 Å². The maximum atomic E-state index is 12.2. The SMILES string of the molecule is CCNC(=O)C1CNCCN1c1ncnc2c1CCC2. The van der Waals surface area contributed by atoms with Crippen molar-refractivity contribution in [2.75, 3.05) is 31.1 Å². The van der Waals surface area contributed by atoms with Gasteiger partial charge in [0.25, 0.3) is 0 Å². The van der Waals surface area contributed by atoms with Crippen molar-refractivity contribution in [1.29, 1.82) is 0 Å². The van der Waals surface area contributed by atoms with E-state index in [2.05, 4.69) is 25.5 Å². The minimum absolute atomic E-state index is 0.0741. The summed E-state index contributed by atoms with van der Waals surface area (Å²) in [6.07, 6.45) is 4.83. The van der Waals surface area contributed by atoms with Gasteiger partial charge in [0, 0.05) is 37.4 Å². The molecule has 2 heterocycles. The van der Waals surface area contributed by atoms with Crippen molar-refractivity contribution >= 4 is 11.7 Å². The molecule has 1 aliphatic heterocycles. The molecule has 1 amide bonds. The Morgan fingerprint density at radius 2 is 2.40 bits per heavy atom. The highest BCUT2D eigenvalue weighted by molar-refractivity contribution is 5.85. The fourth-order valence-corrected chi connectivity index (χ4v) is 3.07. The number of rotatable bonds is 3. The normalized spacial score (nSPS) is 21.6. The molecule has 2 aliphatic rings. The fraction of sp³-hybridized carbons (Fsp3) is 0.643. The van der Waals surface area contributed by atoms with Crippen LogP contribution in [0.25, 0.3) is 0 Å². The molecule has 1 aliphatic carbocycles. The number of piperazine rings is 1. The zero-order chi connectivity index (χ0) is 13.9. The van der Waals surface area contributed by atoms with Crippen LogP contribution in [0.2, 0.25) is 0 Å². The minimum Gasteiger partial charge on any atom is -0.355 e. The number of likely N-dealkylation sites (N-methyl/N-ethyl adjacent to an activating group) is 1. The zero-order valence-corrected chi connectivity index (χ0v) is 11.9. The molecule has 1 aromatic heterocycles. The Morgan fingerprint density at radius 1 is 1.50 bits per heavy atom. The van der Waals surface area contributed by atoms with Gasteiger partial charge in [0.1, 0.15) is 18.2 Å². The van der Waals surface area contributed by atoms with Crippen LogP contribution in [0.5, 0.6) is 0 Å². The van der Waals surface area contributed by atoms with Crippen LogP contribution in [0.4, 0.5) is 5.82 Å². The van der Waals surface area contributed by atoms with Crippen molar-refractivity contribution in [2.24, 2.45) is 0 Å². The highest BCUT2D eigenvalue weighted by Gasteiger charge is 2.32. The number of aromatic nitrogens is 2. The molecule has 3 rings (SSSR count). The lowest BCUT2D eigenvalue weighted by Crippen LogP contribution is -2.58. The fourth-order valence-electron chi connectivity index (χ4n) is 3.07. The number of hydrogen-bond donors (Lipinski definition) is 2. The smallest absolute Gasteiger partial charge is 0.244 e. The first-order chi connectivity index (χ1) is 9.81. The third-order valence-corrected chi connectivity index (χ3v) is 4.02. The van der Waals surface area contributed by atoms with Crippen molar-refractivity contribution in [3.63, 3.8) is 0 Å². The number of hydrogen-bond acceptors (Lipinski definition) is 5. The summed E-state index contributed by atoms with van der Waals surface area (Å²) in [5.74, 6) is 1.04. The van der Waals surface area contributed by atoms with Gasteiger partial charge >= 0.3 is 0 Å². The monoisotopic (exact) mass is 275 g/mol. The molecule has 1 unspecified atom stereocenters. The first-order valence-corrected chi connectivity index (χ1v) is 7.39. The highest BCUT2D eigenvalue weighted by Crippen LogP contribution is 2.29. The van der Waals surface area contributed by atoms with E-state index >= 15 is 0 Å². The van der Waals surface area contributed by atoms with Gasteiger partial charge in [0.2, 0.25) is 5.91 Å². The molecule has 1 saturated heterocycles.